The molecule has 1 N–H and O–H groups in total. The maximum Gasteiger partial charge on any atom is 0.134 e. The van der Waals surface area contributed by atoms with E-state index in [2.05, 4.69) is 47.7 Å². The molecule has 0 bridgehead atoms. The molecule has 0 spiro atoms. The molecule has 0 aliphatic heterocycles. The largest absolute Gasteiger partial charge is 0.491 e. The molecule has 3 rings (SSSR count). The van der Waals surface area contributed by atoms with Crippen molar-refractivity contribution in [3.8, 4) is 5.75 Å². The molecule has 0 fully saturated rings. The average Bonchev–Trinajstić information content (AvgIpc) is 2.96. The van der Waals surface area contributed by atoms with E-state index in [4.69, 9.17) is 4.74 Å². The second-order valence-corrected chi connectivity index (χ2v) is 6.11. The third-order valence-corrected chi connectivity index (χ3v) is 4.17. The van der Waals surface area contributed by atoms with Gasteiger partial charge in [-0.3, -0.25) is 0 Å². The maximum atomic E-state index is 5.80. The van der Waals surface area contributed by atoms with E-state index >= 15 is 0 Å². The van der Waals surface area contributed by atoms with Gasteiger partial charge in [-0.05, 0) is 43.5 Å². The summed E-state index contributed by atoms with van der Waals surface area (Å²) in [6.45, 7) is 4.77. The molecule has 2 heterocycles. The standard InChI is InChI=1S/C17H18N2OS/c1-12-3-5-14(6-4-12)20-11-13(2)19-17-15-8-10-21-16(15)7-9-18-17/h3-10,13H,11H2,1-2H3,(H,18,19). The number of hydrogen-bond acceptors (Lipinski definition) is 4. The number of fused-ring (bicyclic) bond motifs is 1. The first-order valence-corrected chi connectivity index (χ1v) is 7.88. The van der Waals surface area contributed by atoms with Gasteiger partial charge in [0.1, 0.15) is 18.2 Å². The number of rotatable bonds is 5. The summed E-state index contributed by atoms with van der Waals surface area (Å²) in [6, 6.07) is 12.4. The minimum Gasteiger partial charge on any atom is -0.491 e. The predicted octanol–water partition coefficient (Wildman–Crippen LogP) is 4.48. The van der Waals surface area contributed by atoms with Crippen molar-refractivity contribution in [1.82, 2.24) is 4.98 Å². The van der Waals surface area contributed by atoms with Crippen LogP contribution in [-0.2, 0) is 0 Å². The molecule has 3 nitrogen and oxygen atoms in total. The molecule has 0 aliphatic rings. The monoisotopic (exact) mass is 298 g/mol. The zero-order valence-corrected chi connectivity index (χ0v) is 13.0. The molecule has 3 aromatic rings. The van der Waals surface area contributed by atoms with E-state index in [0.29, 0.717) is 6.61 Å². The van der Waals surface area contributed by atoms with E-state index in [1.165, 1.54) is 15.6 Å². The summed E-state index contributed by atoms with van der Waals surface area (Å²) in [5.41, 5.74) is 1.24. The number of hydrogen-bond donors (Lipinski definition) is 1. The Morgan fingerprint density at radius 1 is 1.19 bits per heavy atom. The Labute approximate surface area is 128 Å². The topological polar surface area (TPSA) is 34.1 Å². The van der Waals surface area contributed by atoms with E-state index in [0.717, 1.165) is 11.6 Å². The van der Waals surface area contributed by atoms with Gasteiger partial charge in [-0.15, -0.1) is 11.3 Å². The van der Waals surface area contributed by atoms with Crippen LogP contribution in [0.25, 0.3) is 10.1 Å². The average molecular weight is 298 g/mol. The number of nitrogens with zero attached hydrogens (tertiary/aromatic N) is 1. The van der Waals surface area contributed by atoms with Crippen molar-refractivity contribution >= 4 is 27.2 Å². The first-order valence-electron chi connectivity index (χ1n) is 7.00. The van der Waals surface area contributed by atoms with Gasteiger partial charge in [0.15, 0.2) is 0 Å². The third-order valence-electron chi connectivity index (χ3n) is 3.28. The molecule has 4 heteroatoms. The lowest BCUT2D eigenvalue weighted by Crippen LogP contribution is -2.24. The Morgan fingerprint density at radius 3 is 2.81 bits per heavy atom. The number of nitrogens with one attached hydrogen (secondary N) is 1. The zero-order valence-electron chi connectivity index (χ0n) is 12.2. The molecule has 0 saturated heterocycles. The molecule has 0 radical (unpaired) electrons. The molecule has 0 saturated carbocycles. The summed E-state index contributed by atoms with van der Waals surface area (Å²) in [7, 11) is 0. The van der Waals surface area contributed by atoms with Gasteiger partial charge in [-0.25, -0.2) is 4.98 Å². The second-order valence-electron chi connectivity index (χ2n) is 5.16. The van der Waals surface area contributed by atoms with Gasteiger partial charge < -0.3 is 10.1 Å². The molecule has 1 atom stereocenters. The van der Waals surface area contributed by atoms with Crippen molar-refractivity contribution in [3.05, 3.63) is 53.5 Å². The van der Waals surface area contributed by atoms with Crippen molar-refractivity contribution in [3.63, 3.8) is 0 Å². The van der Waals surface area contributed by atoms with Gasteiger partial charge >= 0.3 is 0 Å². The Kier molecular flexibility index (Phi) is 4.06. The Hall–Kier alpha value is -2.07. The van der Waals surface area contributed by atoms with Gasteiger partial charge in [-0.1, -0.05) is 17.7 Å². The van der Waals surface area contributed by atoms with Crippen LogP contribution >= 0.6 is 11.3 Å². The molecule has 1 unspecified atom stereocenters. The summed E-state index contributed by atoms with van der Waals surface area (Å²) in [6.07, 6.45) is 1.84. The van der Waals surface area contributed by atoms with Crippen LogP contribution in [0.5, 0.6) is 5.75 Å². The minimum atomic E-state index is 0.185. The second kappa shape index (κ2) is 6.14. The number of thiophene rings is 1. The fraction of sp³-hybridized carbons (Fsp3) is 0.235. The predicted molar refractivity (Wildman–Crippen MR) is 89.4 cm³/mol. The van der Waals surface area contributed by atoms with Crippen LogP contribution in [0.4, 0.5) is 5.82 Å². The highest BCUT2D eigenvalue weighted by Crippen LogP contribution is 2.26. The van der Waals surface area contributed by atoms with E-state index in [-0.39, 0.29) is 6.04 Å². The van der Waals surface area contributed by atoms with Crippen LogP contribution in [0.2, 0.25) is 0 Å². The molecule has 108 valence electrons. The highest BCUT2D eigenvalue weighted by molar-refractivity contribution is 7.17. The van der Waals surface area contributed by atoms with Crippen molar-refractivity contribution in [2.24, 2.45) is 0 Å². The fourth-order valence-corrected chi connectivity index (χ4v) is 2.92. The quantitative estimate of drug-likeness (QED) is 0.754. The Balaban J connectivity index is 1.62. The number of pyridine rings is 1. The van der Waals surface area contributed by atoms with Gasteiger partial charge in [0.05, 0.1) is 6.04 Å². The fourth-order valence-electron chi connectivity index (χ4n) is 2.14. The molecule has 21 heavy (non-hydrogen) atoms. The van der Waals surface area contributed by atoms with Crippen LogP contribution < -0.4 is 10.1 Å². The summed E-state index contributed by atoms with van der Waals surface area (Å²) in [5.74, 6) is 1.82. The van der Waals surface area contributed by atoms with Crippen molar-refractivity contribution in [2.75, 3.05) is 11.9 Å². The highest BCUT2D eigenvalue weighted by atomic mass is 32.1. The summed E-state index contributed by atoms with van der Waals surface area (Å²) in [5, 5.41) is 6.68. The smallest absolute Gasteiger partial charge is 0.134 e. The number of aromatic nitrogens is 1. The molecular formula is C17H18N2OS. The van der Waals surface area contributed by atoms with Crippen molar-refractivity contribution in [2.45, 2.75) is 19.9 Å². The van der Waals surface area contributed by atoms with Crippen LogP contribution in [0.15, 0.2) is 48.0 Å². The maximum absolute atomic E-state index is 5.80. The molecule has 0 aliphatic carbocycles. The molecular weight excluding hydrogens is 280 g/mol. The van der Waals surface area contributed by atoms with Crippen molar-refractivity contribution in [1.29, 1.82) is 0 Å². The third kappa shape index (κ3) is 3.34. The van der Waals surface area contributed by atoms with Gasteiger partial charge in [0, 0.05) is 16.3 Å². The highest BCUT2D eigenvalue weighted by Gasteiger charge is 2.08. The van der Waals surface area contributed by atoms with Crippen LogP contribution in [0.3, 0.4) is 0 Å². The van der Waals surface area contributed by atoms with Crippen molar-refractivity contribution < 1.29 is 4.74 Å². The van der Waals surface area contributed by atoms with Gasteiger partial charge in [0.2, 0.25) is 0 Å². The Morgan fingerprint density at radius 2 is 2.00 bits per heavy atom. The molecule has 0 amide bonds. The molecule has 2 aromatic heterocycles. The minimum absolute atomic E-state index is 0.185. The lowest BCUT2D eigenvalue weighted by Gasteiger charge is -2.16. The Bertz CT molecular complexity index is 721. The number of benzene rings is 1. The summed E-state index contributed by atoms with van der Waals surface area (Å²) >= 11 is 1.73. The van der Waals surface area contributed by atoms with Gasteiger partial charge in [0.25, 0.3) is 0 Å². The lowest BCUT2D eigenvalue weighted by atomic mass is 10.2. The lowest BCUT2D eigenvalue weighted by molar-refractivity contribution is 0.304. The number of anilines is 1. The van der Waals surface area contributed by atoms with Gasteiger partial charge in [-0.2, -0.15) is 0 Å². The number of aryl methyl sites for hydroxylation is 1. The van der Waals surface area contributed by atoms with Crippen LogP contribution in [0.1, 0.15) is 12.5 Å². The normalized spacial score (nSPS) is 12.3. The van der Waals surface area contributed by atoms with Crippen LogP contribution in [-0.4, -0.2) is 17.6 Å². The van der Waals surface area contributed by atoms with E-state index in [9.17, 15) is 0 Å². The molecule has 1 aromatic carbocycles. The first kappa shape index (κ1) is 13.9. The number of ether oxygens (including phenoxy) is 1. The SMILES string of the molecule is Cc1ccc(OCC(C)Nc2nccc3sccc23)cc1. The first-order chi connectivity index (χ1) is 10.2. The van der Waals surface area contributed by atoms with E-state index in [1.807, 2.05) is 24.4 Å². The van der Waals surface area contributed by atoms with Crippen LogP contribution in [0, 0.1) is 6.92 Å². The van der Waals surface area contributed by atoms with E-state index in [1.54, 1.807) is 11.3 Å². The summed E-state index contributed by atoms with van der Waals surface area (Å²) in [4.78, 5) is 4.43. The zero-order chi connectivity index (χ0) is 14.7. The summed E-state index contributed by atoms with van der Waals surface area (Å²) < 4.78 is 7.05. The van der Waals surface area contributed by atoms with E-state index < -0.39 is 0 Å².